The number of unbranched alkanes of at least 4 members (excludes halogenated alkanes) is 1. The molecular weight excluding hydrogens is 276 g/mol. The maximum absolute atomic E-state index is 4.80. The summed E-state index contributed by atoms with van der Waals surface area (Å²) in [5.41, 5.74) is 1.36. The largest absolute Gasteiger partial charge is 0.307 e. The van der Waals surface area contributed by atoms with E-state index in [9.17, 15) is 0 Å². The highest BCUT2D eigenvalue weighted by Gasteiger charge is 2.23. The van der Waals surface area contributed by atoms with Crippen LogP contribution in [0.25, 0.3) is 0 Å². The van der Waals surface area contributed by atoms with Gasteiger partial charge in [0.25, 0.3) is 0 Å². The number of nitrogens with one attached hydrogen (secondary N) is 1. The van der Waals surface area contributed by atoms with Crippen molar-refractivity contribution in [1.82, 2.24) is 10.3 Å². The maximum atomic E-state index is 4.80. The molecule has 1 aromatic heterocycles. The van der Waals surface area contributed by atoms with E-state index in [1.807, 2.05) is 11.3 Å². The van der Waals surface area contributed by atoms with Gasteiger partial charge in [-0.15, -0.1) is 11.3 Å². The highest BCUT2D eigenvalue weighted by atomic mass is 32.1. The van der Waals surface area contributed by atoms with E-state index in [4.69, 9.17) is 4.98 Å². The van der Waals surface area contributed by atoms with Crippen molar-refractivity contribution in [1.29, 1.82) is 0 Å². The normalized spacial score (nSPS) is 15.2. The Morgan fingerprint density at radius 1 is 1.14 bits per heavy atom. The molecule has 0 bridgehead atoms. The molecule has 0 aliphatic rings. The summed E-state index contributed by atoms with van der Waals surface area (Å²) in [6.07, 6.45) is 6.42. The summed E-state index contributed by atoms with van der Waals surface area (Å²) in [5, 5.41) is 5.10. The first kappa shape index (κ1) is 18.6. The molecule has 0 spiro atoms. The molecule has 1 heterocycles. The van der Waals surface area contributed by atoms with Crippen LogP contribution in [0.2, 0.25) is 0 Å². The van der Waals surface area contributed by atoms with E-state index >= 15 is 0 Å². The van der Waals surface area contributed by atoms with Crippen LogP contribution < -0.4 is 5.32 Å². The Bertz CT molecular complexity index is 417. The Hall–Kier alpha value is -0.410. The Morgan fingerprint density at radius 3 is 2.29 bits per heavy atom. The first-order valence-corrected chi connectivity index (χ1v) is 9.35. The zero-order chi connectivity index (χ0) is 16.0. The Balaban J connectivity index is 2.77. The smallest absolute Gasteiger partial charge is 0.0985 e. The van der Waals surface area contributed by atoms with Crippen molar-refractivity contribution in [3.8, 4) is 0 Å². The van der Waals surface area contributed by atoms with E-state index in [0.717, 1.165) is 0 Å². The van der Waals surface area contributed by atoms with Crippen LogP contribution in [0.5, 0.6) is 0 Å². The van der Waals surface area contributed by atoms with E-state index < -0.39 is 0 Å². The van der Waals surface area contributed by atoms with Gasteiger partial charge in [-0.1, -0.05) is 53.9 Å². The molecule has 2 atom stereocenters. The van der Waals surface area contributed by atoms with Crippen LogP contribution in [0.1, 0.15) is 95.3 Å². The van der Waals surface area contributed by atoms with Crippen LogP contribution in [0.4, 0.5) is 0 Å². The summed E-state index contributed by atoms with van der Waals surface area (Å²) < 4.78 is 0. The molecule has 0 amide bonds. The number of hydrogen-bond donors (Lipinski definition) is 1. The van der Waals surface area contributed by atoms with Crippen LogP contribution in [-0.4, -0.2) is 11.0 Å². The average Bonchev–Trinajstić information content (AvgIpc) is 2.78. The van der Waals surface area contributed by atoms with Gasteiger partial charge in [0.05, 0.1) is 10.7 Å². The second kappa shape index (κ2) is 8.28. The summed E-state index contributed by atoms with van der Waals surface area (Å²) >= 11 is 1.88. The van der Waals surface area contributed by atoms with Crippen LogP contribution in [0.15, 0.2) is 0 Å². The van der Waals surface area contributed by atoms with Crippen molar-refractivity contribution in [2.75, 3.05) is 0 Å². The molecule has 21 heavy (non-hydrogen) atoms. The fourth-order valence-corrected chi connectivity index (χ4v) is 3.81. The third-order valence-electron chi connectivity index (χ3n) is 3.90. The molecule has 0 radical (unpaired) electrons. The van der Waals surface area contributed by atoms with Crippen molar-refractivity contribution < 1.29 is 0 Å². The molecule has 1 N–H and O–H groups in total. The number of thiazole rings is 1. The molecule has 1 rings (SSSR count). The Morgan fingerprint density at radius 2 is 1.81 bits per heavy atom. The molecule has 3 heteroatoms. The molecule has 1 aromatic rings. The summed E-state index contributed by atoms with van der Waals surface area (Å²) in [5.74, 6) is 0. The quantitative estimate of drug-likeness (QED) is 0.660. The third-order valence-corrected chi connectivity index (χ3v) is 5.66. The number of rotatable bonds is 8. The van der Waals surface area contributed by atoms with E-state index in [1.165, 1.54) is 47.7 Å². The van der Waals surface area contributed by atoms with E-state index in [-0.39, 0.29) is 5.41 Å². The standard InChI is InChI=1S/C18H34N2S/c1-8-10-12-15(11-9-2)19-13(3)16-14(4)20-17(21-16)18(5,6)7/h13,15,19H,8-12H2,1-7H3. The Kier molecular flexibility index (Phi) is 7.35. The lowest BCUT2D eigenvalue weighted by molar-refractivity contribution is 0.398. The summed E-state index contributed by atoms with van der Waals surface area (Å²) in [6, 6.07) is 1.05. The van der Waals surface area contributed by atoms with Gasteiger partial charge >= 0.3 is 0 Å². The van der Waals surface area contributed by atoms with Gasteiger partial charge in [-0.3, -0.25) is 0 Å². The SMILES string of the molecule is CCCCC(CCC)NC(C)c1sc(C(C)(C)C)nc1C. The molecule has 0 fully saturated rings. The molecule has 2 nitrogen and oxygen atoms in total. The van der Waals surface area contributed by atoms with Gasteiger partial charge in [-0.05, 0) is 26.7 Å². The molecule has 0 aliphatic heterocycles. The minimum atomic E-state index is 0.151. The maximum Gasteiger partial charge on any atom is 0.0985 e. The number of nitrogens with zero attached hydrogens (tertiary/aromatic N) is 1. The van der Waals surface area contributed by atoms with Crippen LogP contribution in [0, 0.1) is 6.92 Å². The number of aromatic nitrogens is 1. The lowest BCUT2D eigenvalue weighted by atomic mass is 9.98. The summed E-state index contributed by atoms with van der Waals surface area (Å²) in [7, 11) is 0. The second-order valence-corrected chi connectivity index (χ2v) is 8.27. The highest BCUT2D eigenvalue weighted by molar-refractivity contribution is 7.12. The lowest BCUT2D eigenvalue weighted by Crippen LogP contribution is -2.31. The van der Waals surface area contributed by atoms with Crippen LogP contribution >= 0.6 is 11.3 Å². The van der Waals surface area contributed by atoms with E-state index in [2.05, 4.69) is 53.8 Å². The molecule has 0 aliphatic carbocycles. The first-order chi connectivity index (χ1) is 9.79. The van der Waals surface area contributed by atoms with Gasteiger partial charge in [-0.2, -0.15) is 0 Å². The molecule has 0 aromatic carbocycles. The predicted molar refractivity (Wildman–Crippen MR) is 95.3 cm³/mol. The predicted octanol–water partition coefficient (Wildman–Crippen LogP) is 5.76. The zero-order valence-corrected chi connectivity index (χ0v) is 15.9. The number of aryl methyl sites for hydroxylation is 1. The fourth-order valence-electron chi connectivity index (χ4n) is 2.67. The van der Waals surface area contributed by atoms with Crippen molar-refractivity contribution in [2.45, 2.75) is 98.1 Å². The molecule has 0 saturated heterocycles. The van der Waals surface area contributed by atoms with Crippen molar-refractivity contribution in [3.05, 3.63) is 15.6 Å². The summed E-state index contributed by atoms with van der Waals surface area (Å²) in [6.45, 7) is 15.7. The van der Waals surface area contributed by atoms with Crippen LogP contribution in [0.3, 0.4) is 0 Å². The highest BCUT2D eigenvalue weighted by Crippen LogP contribution is 2.32. The zero-order valence-electron chi connectivity index (χ0n) is 15.0. The lowest BCUT2D eigenvalue weighted by Gasteiger charge is -2.23. The molecule has 0 saturated carbocycles. The van der Waals surface area contributed by atoms with E-state index in [0.29, 0.717) is 12.1 Å². The monoisotopic (exact) mass is 310 g/mol. The van der Waals surface area contributed by atoms with Gasteiger partial charge in [0, 0.05) is 22.4 Å². The topological polar surface area (TPSA) is 24.9 Å². The fraction of sp³-hybridized carbons (Fsp3) is 0.833. The average molecular weight is 311 g/mol. The molecule has 2 unspecified atom stereocenters. The summed E-state index contributed by atoms with van der Waals surface area (Å²) in [4.78, 5) is 6.21. The van der Waals surface area contributed by atoms with E-state index in [1.54, 1.807) is 0 Å². The van der Waals surface area contributed by atoms with Crippen LogP contribution in [-0.2, 0) is 5.41 Å². The van der Waals surface area contributed by atoms with Gasteiger partial charge in [0.15, 0.2) is 0 Å². The molecule has 122 valence electrons. The van der Waals surface area contributed by atoms with Gasteiger partial charge in [0.2, 0.25) is 0 Å². The Labute approximate surface area is 135 Å². The van der Waals surface area contributed by atoms with Crippen molar-refractivity contribution in [3.63, 3.8) is 0 Å². The first-order valence-electron chi connectivity index (χ1n) is 8.53. The molecular formula is C18H34N2S. The van der Waals surface area contributed by atoms with Gasteiger partial charge < -0.3 is 5.32 Å². The second-order valence-electron chi connectivity index (χ2n) is 7.23. The third kappa shape index (κ3) is 5.71. The van der Waals surface area contributed by atoms with Crippen molar-refractivity contribution >= 4 is 11.3 Å². The van der Waals surface area contributed by atoms with Gasteiger partial charge in [0.1, 0.15) is 0 Å². The van der Waals surface area contributed by atoms with Crippen molar-refractivity contribution in [2.24, 2.45) is 0 Å². The minimum absolute atomic E-state index is 0.151. The number of hydrogen-bond acceptors (Lipinski definition) is 3. The van der Waals surface area contributed by atoms with Gasteiger partial charge in [-0.25, -0.2) is 4.98 Å². The minimum Gasteiger partial charge on any atom is -0.307 e.